The highest BCUT2D eigenvalue weighted by atomic mass is 35.5. The topological polar surface area (TPSA) is 63.3 Å². The van der Waals surface area contributed by atoms with Crippen LogP contribution < -0.4 is 0 Å². The van der Waals surface area contributed by atoms with Crippen LogP contribution in [0.15, 0.2) is 83.5 Å². The first-order valence-electron chi connectivity index (χ1n) is 11.7. The summed E-state index contributed by atoms with van der Waals surface area (Å²) in [5, 5.41) is 14.4. The highest BCUT2D eigenvalue weighted by Crippen LogP contribution is 2.48. The fourth-order valence-electron chi connectivity index (χ4n) is 4.55. The molecule has 0 amide bonds. The van der Waals surface area contributed by atoms with Crippen molar-refractivity contribution in [3.05, 3.63) is 101 Å². The van der Waals surface area contributed by atoms with Gasteiger partial charge in [-0.3, -0.25) is 4.79 Å². The third-order valence-electron chi connectivity index (χ3n) is 6.82. The molecule has 5 rings (SSSR count). The summed E-state index contributed by atoms with van der Waals surface area (Å²) in [7, 11) is 0. The molecule has 0 aliphatic heterocycles. The van der Waals surface area contributed by atoms with E-state index in [9.17, 15) is 9.90 Å². The summed E-state index contributed by atoms with van der Waals surface area (Å²) in [4.78, 5) is 11.6. The summed E-state index contributed by atoms with van der Waals surface area (Å²) in [6, 6.07) is 24.1. The number of rotatable bonds is 9. The standard InChI is InChI=1S/C29H26ClNO3/c30-26-8-4-3-6-22(26)5-1-2-7-24-19-31-34-27(24)23-11-9-20(10-12-23)21-13-15-25(16-14-21)29(17-18-29)28(32)33/h3-4,6,8-16,19H,1-2,5,7,17-18H2,(H,32,33). The average Bonchev–Trinajstić information content (AvgIpc) is 3.55. The second-order valence-corrected chi connectivity index (χ2v) is 9.43. The van der Waals surface area contributed by atoms with Crippen molar-refractivity contribution in [1.29, 1.82) is 0 Å². The molecule has 0 spiro atoms. The molecule has 0 radical (unpaired) electrons. The minimum Gasteiger partial charge on any atom is -0.481 e. The lowest BCUT2D eigenvalue weighted by Crippen LogP contribution is -2.19. The van der Waals surface area contributed by atoms with E-state index in [0.717, 1.165) is 77.1 Å². The number of nitrogens with zero attached hydrogens (tertiary/aromatic N) is 1. The van der Waals surface area contributed by atoms with Gasteiger partial charge >= 0.3 is 5.97 Å². The zero-order chi connectivity index (χ0) is 23.5. The van der Waals surface area contributed by atoms with Crippen LogP contribution in [0.25, 0.3) is 22.5 Å². The fraction of sp³-hybridized carbons (Fsp3) is 0.241. The number of unbranched alkanes of at least 4 members (excludes halogenated alkanes) is 1. The zero-order valence-electron chi connectivity index (χ0n) is 18.8. The van der Waals surface area contributed by atoms with Gasteiger partial charge in [-0.1, -0.05) is 83.5 Å². The molecule has 0 atom stereocenters. The van der Waals surface area contributed by atoms with Gasteiger partial charge in [-0.2, -0.15) is 0 Å². The molecule has 4 nitrogen and oxygen atoms in total. The number of carboxylic acids is 1. The lowest BCUT2D eigenvalue weighted by molar-refractivity contribution is -0.140. The highest BCUT2D eigenvalue weighted by molar-refractivity contribution is 6.31. The van der Waals surface area contributed by atoms with Crippen molar-refractivity contribution < 1.29 is 14.4 Å². The second-order valence-electron chi connectivity index (χ2n) is 9.02. The van der Waals surface area contributed by atoms with Crippen LogP contribution in [-0.2, 0) is 23.1 Å². The Balaban J connectivity index is 1.23. The van der Waals surface area contributed by atoms with Crippen LogP contribution in [-0.4, -0.2) is 16.2 Å². The van der Waals surface area contributed by atoms with E-state index in [1.54, 1.807) is 0 Å². The van der Waals surface area contributed by atoms with E-state index in [1.807, 2.05) is 48.7 Å². The summed E-state index contributed by atoms with van der Waals surface area (Å²) in [6.07, 6.45) is 7.19. The Morgan fingerprint density at radius 1 is 0.853 bits per heavy atom. The van der Waals surface area contributed by atoms with Crippen LogP contribution in [0, 0.1) is 0 Å². The molecule has 172 valence electrons. The molecule has 1 heterocycles. The summed E-state index contributed by atoms with van der Waals surface area (Å²) in [5.41, 5.74) is 5.67. The van der Waals surface area contributed by atoms with Gasteiger partial charge in [0.25, 0.3) is 0 Å². The number of carbonyl (C=O) groups is 1. The third kappa shape index (κ3) is 4.51. The maximum Gasteiger partial charge on any atom is 0.314 e. The number of benzene rings is 3. The Morgan fingerprint density at radius 3 is 2.06 bits per heavy atom. The summed E-state index contributed by atoms with van der Waals surface area (Å²) < 4.78 is 5.59. The molecule has 0 saturated heterocycles. The first kappa shape index (κ1) is 22.4. The molecule has 1 aliphatic rings. The Labute approximate surface area is 204 Å². The molecule has 1 N–H and O–H groups in total. The van der Waals surface area contributed by atoms with E-state index in [2.05, 4.69) is 35.5 Å². The van der Waals surface area contributed by atoms with E-state index in [0.29, 0.717) is 0 Å². The highest BCUT2D eigenvalue weighted by Gasteiger charge is 2.51. The molecular weight excluding hydrogens is 446 g/mol. The van der Waals surface area contributed by atoms with Crippen molar-refractivity contribution in [3.8, 4) is 22.5 Å². The lowest BCUT2D eigenvalue weighted by Gasteiger charge is -2.11. The zero-order valence-corrected chi connectivity index (χ0v) is 19.6. The fourth-order valence-corrected chi connectivity index (χ4v) is 4.79. The number of aliphatic carboxylic acids is 1. The van der Waals surface area contributed by atoms with Crippen LogP contribution in [0.4, 0.5) is 0 Å². The van der Waals surface area contributed by atoms with Gasteiger partial charge in [-0.05, 0) is 66.8 Å². The Hall–Kier alpha value is -3.37. The van der Waals surface area contributed by atoms with Crippen molar-refractivity contribution in [2.24, 2.45) is 0 Å². The lowest BCUT2D eigenvalue weighted by atomic mass is 9.93. The van der Waals surface area contributed by atoms with Gasteiger partial charge < -0.3 is 9.63 Å². The second kappa shape index (κ2) is 9.47. The number of aromatic nitrogens is 1. The van der Waals surface area contributed by atoms with Gasteiger partial charge in [0.1, 0.15) is 0 Å². The first-order valence-corrected chi connectivity index (χ1v) is 12.1. The molecular formula is C29H26ClNO3. The number of aryl methyl sites for hydroxylation is 2. The van der Waals surface area contributed by atoms with Crippen molar-refractivity contribution >= 4 is 17.6 Å². The van der Waals surface area contributed by atoms with E-state index >= 15 is 0 Å². The molecule has 1 fully saturated rings. The van der Waals surface area contributed by atoms with Gasteiger partial charge in [0.15, 0.2) is 5.76 Å². The molecule has 0 unspecified atom stereocenters. The molecule has 0 bridgehead atoms. The molecule has 1 aromatic heterocycles. The summed E-state index contributed by atoms with van der Waals surface area (Å²) in [6.45, 7) is 0. The van der Waals surface area contributed by atoms with Crippen LogP contribution in [0.5, 0.6) is 0 Å². The van der Waals surface area contributed by atoms with Gasteiger partial charge in [-0.15, -0.1) is 0 Å². The van der Waals surface area contributed by atoms with Gasteiger partial charge in [-0.25, -0.2) is 0 Å². The largest absolute Gasteiger partial charge is 0.481 e. The van der Waals surface area contributed by atoms with Crippen molar-refractivity contribution in [2.45, 2.75) is 43.9 Å². The minimum atomic E-state index is -0.726. The quantitative estimate of drug-likeness (QED) is 0.259. The van der Waals surface area contributed by atoms with Gasteiger partial charge in [0, 0.05) is 16.1 Å². The first-order chi connectivity index (χ1) is 16.6. The van der Waals surface area contributed by atoms with E-state index in [-0.39, 0.29) is 0 Å². The smallest absolute Gasteiger partial charge is 0.314 e. The summed E-state index contributed by atoms with van der Waals surface area (Å²) in [5.74, 6) is 0.0908. The number of halogens is 1. The number of hydrogen-bond donors (Lipinski definition) is 1. The van der Waals surface area contributed by atoms with Gasteiger partial charge in [0.05, 0.1) is 11.6 Å². The van der Waals surface area contributed by atoms with Crippen LogP contribution >= 0.6 is 11.6 Å². The summed E-state index contributed by atoms with van der Waals surface area (Å²) >= 11 is 6.26. The predicted molar refractivity (Wildman–Crippen MR) is 134 cm³/mol. The normalized spacial score (nSPS) is 14.1. The average molecular weight is 472 g/mol. The third-order valence-corrected chi connectivity index (χ3v) is 7.19. The van der Waals surface area contributed by atoms with Crippen LogP contribution in [0.3, 0.4) is 0 Å². The predicted octanol–water partition coefficient (Wildman–Crippen LogP) is 7.34. The minimum absolute atomic E-state index is 0.668. The molecule has 34 heavy (non-hydrogen) atoms. The maximum absolute atomic E-state index is 11.6. The van der Waals surface area contributed by atoms with Crippen molar-refractivity contribution in [3.63, 3.8) is 0 Å². The number of hydrogen-bond acceptors (Lipinski definition) is 3. The molecule has 1 saturated carbocycles. The Bertz CT molecular complexity index is 1290. The van der Waals surface area contributed by atoms with Crippen molar-refractivity contribution in [2.75, 3.05) is 0 Å². The van der Waals surface area contributed by atoms with Crippen LogP contribution in [0.2, 0.25) is 5.02 Å². The maximum atomic E-state index is 11.6. The molecule has 1 aliphatic carbocycles. The molecule has 4 aromatic rings. The Kier molecular flexibility index (Phi) is 6.25. The van der Waals surface area contributed by atoms with E-state index in [4.69, 9.17) is 16.1 Å². The molecule has 3 aromatic carbocycles. The van der Waals surface area contributed by atoms with Crippen molar-refractivity contribution in [1.82, 2.24) is 5.16 Å². The van der Waals surface area contributed by atoms with Gasteiger partial charge in [0.2, 0.25) is 0 Å². The molecule has 5 heteroatoms. The van der Waals surface area contributed by atoms with E-state index < -0.39 is 11.4 Å². The Morgan fingerprint density at radius 2 is 1.44 bits per heavy atom. The number of carboxylic acid groups (broad SMARTS) is 1. The van der Waals surface area contributed by atoms with E-state index in [1.165, 1.54) is 5.56 Å². The SMILES string of the molecule is O=C(O)C1(c2ccc(-c3ccc(-c4oncc4CCCCc4ccccc4Cl)cc3)cc2)CC1. The monoisotopic (exact) mass is 471 g/mol. The van der Waals surface area contributed by atoms with Crippen LogP contribution in [0.1, 0.15) is 42.4 Å².